The number of aryl methyl sites for hydroxylation is 1. The average Bonchev–Trinajstić information content (AvgIpc) is 2.64. The van der Waals surface area contributed by atoms with Crippen LogP contribution in [-0.4, -0.2) is 45.3 Å². The van der Waals surface area contributed by atoms with Gasteiger partial charge < -0.3 is 10.0 Å². The van der Waals surface area contributed by atoms with E-state index in [9.17, 15) is 9.59 Å². The maximum atomic E-state index is 10.9. The summed E-state index contributed by atoms with van der Waals surface area (Å²) in [5.41, 5.74) is 2.26. The van der Waals surface area contributed by atoms with Crippen LogP contribution in [0.25, 0.3) is 0 Å². The summed E-state index contributed by atoms with van der Waals surface area (Å²) in [4.78, 5) is 23.2. The number of nitrogens with zero attached hydrogens (tertiary/aromatic N) is 3. The number of rotatable bonds is 2. The molecule has 1 saturated heterocycles. The largest absolute Gasteiger partial charge is 0.465 e. The quantitative estimate of drug-likeness (QED) is 0.810. The first-order valence-electron chi connectivity index (χ1n) is 6.03. The Labute approximate surface area is 105 Å². The first-order chi connectivity index (χ1) is 8.54. The van der Waals surface area contributed by atoms with Crippen LogP contribution >= 0.6 is 0 Å². The molecular formula is C12H17N3O3. The minimum Gasteiger partial charge on any atom is -0.465 e. The van der Waals surface area contributed by atoms with Gasteiger partial charge in [0.25, 0.3) is 0 Å². The molecule has 0 radical (unpaired) electrons. The standard InChI is InChI=1S/C12H17N3O3/c1-8-11(7-16)9(2)15(13-8)10-3-5-14(6-4-10)12(17)18/h7,10H,3-6H2,1-2H3,(H,17,18). The normalized spacial score (nSPS) is 16.9. The van der Waals surface area contributed by atoms with E-state index in [1.54, 1.807) is 0 Å². The van der Waals surface area contributed by atoms with Gasteiger partial charge in [-0.3, -0.25) is 9.48 Å². The van der Waals surface area contributed by atoms with Crippen molar-refractivity contribution < 1.29 is 14.7 Å². The van der Waals surface area contributed by atoms with Crippen LogP contribution < -0.4 is 0 Å². The van der Waals surface area contributed by atoms with Crippen LogP contribution in [0.1, 0.15) is 40.6 Å². The van der Waals surface area contributed by atoms with Crippen LogP contribution in [0.2, 0.25) is 0 Å². The van der Waals surface area contributed by atoms with E-state index < -0.39 is 6.09 Å². The highest BCUT2D eigenvalue weighted by Crippen LogP contribution is 2.25. The zero-order chi connectivity index (χ0) is 13.3. The molecule has 1 aromatic rings. The van der Waals surface area contributed by atoms with E-state index >= 15 is 0 Å². The zero-order valence-corrected chi connectivity index (χ0v) is 10.6. The Morgan fingerprint density at radius 2 is 2.00 bits per heavy atom. The minimum atomic E-state index is -0.865. The summed E-state index contributed by atoms with van der Waals surface area (Å²) in [7, 11) is 0. The van der Waals surface area contributed by atoms with Crippen LogP contribution in [0.15, 0.2) is 0 Å². The minimum absolute atomic E-state index is 0.188. The van der Waals surface area contributed by atoms with Crippen molar-refractivity contribution in [1.82, 2.24) is 14.7 Å². The van der Waals surface area contributed by atoms with Crippen LogP contribution in [0, 0.1) is 13.8 Å². The number of carbonyl (C=O) groups excluding carboxylic acids is 1. The third-order valence-electron chi connectivity index (χ3n) is 3.58. The van der Waals surface area contributed by atoms with Gasteiger partial charge in [0.2, 0.25) is 0 Å². The molecule has 0 aliphatic carbocycles. The Morgan fingerprint density at radius 3 is 2.44 bits per heavy atom. The van der Waals surface area contributed by atoms with Gasteiger partial charge in [-0.1, -0.05) is 0 Å². The Bertz CT molecular complexity index is 473. The third-order valence-corrected chi connectivity index (χ3v) is 3.58. The van der Waals surface area contributed by atoms with E-state index in [-0.39, 0.29) is 6.04 Å². The van der Waals surface area contributed by atoms with Crippen molar-refractivity contribution in [3.63, 3.8) is 0 Å². The van der Waals surface area contributed by atoms with E-state index in [0.29, 0.717) is 18.7 Å². The lowest BCUT2D eigenvalue weighted by molar-refractivity contribution is 0.112. The lowest BCUT2D eigenvalue weighted by Gasteiger charge is -2.30. The molecule has 1 aromatic heterocycles. The monoisotopic (exact) mass is 251 g/mol. The van der Waals surface area contributed by atoms with Crippen LogP contribution in [0.4, 0.5) is 4.79 Å². The van der Waals surface area contributed by atoms with Gasteiger partial charge >= 0.3 is 6.09 Å². The molecule has 0 bridgehead atoms. The van der Waals surface area contributed by atoms with Gasteiger partial charge in [0.05, 0.1) is 17.3 Å². The number of carboxylic acid groups (broad SMARTS) is 1. The molecular weight excluding hydrogens is 234 g/mol. The fraction of sp³-hybridized carbons (Fsp3) is 0.583. The second kappa shape index (κ2) is 4.80. The van der Waals surface area contributed by atoms with E-state index in [4.69, 9.17) is 5.11 Å². The van der Waals surface area contributed by atoms with Crippen molar-refractivity contribution in [2.45, 2.75) is 32.7 Å². The molecule has 0 saturated carbocycles. The summed E-state index contributed by atoms with van der Waals surface area (Å²) in [6.07, 6.45) is 1.45. The van der Waals surface area contributed by atoms with Gasteiger partial charge in [0, 0.05) is 18.8 Å². The fourth-order valence-corrected chi connectivity index (χ4v) is 2.50. The predicted molar refractivity (Wildman–Crippen MR) is 65.0 cm³/mol. The molecule has 18 heavy (non-hydrogen) atoms. The van der Waals surface area contributed by atoms with Gasteiger partial charge in [-0.25, -0.2) is 4.79 Å². The average molecular weight is 251 g/mol. The maximum absolute atomic E-state index is 10.9. The molecule has 98 valence electrons. The highest BCUT2D eigenvalue weighted by molar-refractivity contribution is 5.78. The number of aromatic nitrogens is 2. The lowest BCUT2D eigenvalue weighted by atomic mass is 10.1. The molecule has 2 heterocycles. The molecule has 6 nitrogen and oxygen atoms in total. The number of carbonyl (C=O) groups is 2. The van der Waals surface area contributed by atoms with Crippen LogP contribution in [-0.2, 0) is 0 Å². The Kier molecular flexibility index (Phi) is 3.36. The zero-order valence-electron chi connectivity index (χ0n) is 10.6. The molecule has 6 heteroatoms. The van der Waals surface area contributed by atoms with Gasteiger partial charge in [0.15, 0.2) is 6.29 Å². The molecule has 1 fully saturated rings. The Hall–Kier alpha value is -1.85. The topological polar surface area (TPSA) is 75.4 Å². The van der Waals surface area contributed by atoms with E-state index in [1.807, 2.05) is 18.5 Å². The molecule has 1 amide bonds. The van der Waals surface area contributed by atoms with Crippen LogP contribution in [0.5, 0.6) is 0 Å². The van der Waals surface area contributed by atoms with Crippen molar-refractivity contribution in [3.8, 4) is 0 Å². The predicted octanol–water partition coefficient (Wildman–Crippen LogP) is 1.63. The maximum Gasteiger partial charge on any atom is 0.407 e. The smallest absolute Gasteiger partial charge is 0.407 e. The van der Waals surface area contributed by atoms with Crippen molar-refractivity contribution in [2.24, 2.45) is 0 Å². The van der Waals surface area contributed by atoms with Gasteiger partial charge in [-0.05, 0) is 26.7 Å². The number of piperidine rings is 1. The summed E-state index contributed by atoms with van der Waals surface area (Å²) in [6.45, 7) is 4.75. The molecule has 2 rings (SSSR count). The van der Waals surface area contributed by atoms with Crippen LogP contribution in [0.3, 0.4) is 0 Å². The summed E-state index contributed by atoms with van der Waals surface area (Å²) < 4.78 is 1.87. The highest BCUT2D eigenvalue weighted by Gasteiger charge is 2.25. The van der Waals surface area contributed by atoms with Crippen molar-refractivity contribution in [2.75, 3.05) is 13.1 Å². The van der Waals surface area contributed by atoms with Gasteiger partial charge in [0.1, 0.15) is 0 Å². The number of hydrogen-bond acceptors (Lipinski definition) is 3. The molecule has 0 unspecified atom stereocenters. The van der Waals surface area contributed by atoms with Crippen molar-refractivity contribution in [3.05, 3.63) is 17.0 Å². The molecule has 1 N–H and O–H groups in total. The van der Waals surface area contributed by atoms with Crippen molar-refractivity contribution >= 4 is 12.4 Å². The second-order valence-electron chi connectivity index (χ2n) is 4.65. The van der Waals surface area contributed by atoms with E-state index in [0.717, 1.165) is 30.5 Å². The van der Waals surface area contributed by atoms with Gasteiger partial charge in [-0.2, -0.15) is 5.10 Å². The highest BCUT2D eigenvalue weighted by atomic mass is 16.4. The summed E-state index contributed by atoms with van der Waals surface area (Å²) in [5, 5.41) is 13.3. The first kappa shape index (κ1) is 12.6. The second-order valence-corrected chi connectivity index (χ2v) is 4.65. The third kappa shape index (κ3) is 2.10. The van der Waals surface area contributed by atoms with Gasteiger partial charge in [-0.15, -0.1) is 0 Å². The molecule has 0 atom stereocenters. The lowest BCUT2D eigenvalue weighted by Crippen LogP contribution is -2.38. The number of hydrogen-bond donors (Lipinski definition) is 1. The molecule has 0 aromatic carbocycles. The molecule has 1 aliphatic heterocycles. The summed E-state index contributed by atoms with van der Waals surface area (Å²) in [6, 6.07) is 0.188. The molecule has 1 aliphatic rings. The fourth-order valence-electron chi connectivity index (χ4n) is 2.50. The number of aldehydes is 1. The number of likely N-dealkylation sites (tertiary alicyclic amines) is 1. The Balaban J connectivity index is 2.15. The summed E-state index contributed by atoms with van der Waals surface area (Å²) >= 11 is 0. The number of amides is 1. The van der Waals surface area contributed by atoms with Crippen molar-refractivity contribution in [1.29, 1.82) is 0 Å². The van der Waals surface area contributed by atoms with E-state index in [1.165, 1.54) is 4.90 Å². The first-order valence-corrected chi connectivity index (χ1v) is 6.03. The van der Waals surface area contributed by atoms with E-state index in [2.05, 4.69) is 5.10 Å². The summed E-state index contributed by atoms with van der Waals surface area (Å²) in [5.74, 6) is 0. The molecule has 0 spiro atoms. The SMILES string of the molecule is Cc1nn(C2CCN(C(=O)O)CC2)c(C)c1C=O. The Morgan fingerprint density at radius 1 is 1.39 bits per heavy atom.